The molecular formula is C23H22O4. The molecule has 0 spiro atoms. The number of hydrogen-bond donors (Lipinski definition) is 4. The summed E-state index contributed by atoms with van der Waals surface area (Å²) in [7, 11) is 0. The highest BCUT2D eigenvalue weighted by Gasteiger charge is 2.46. The van der Waals surface area contributed by atoms with Gasteiger partial charge < -0.3 is 20.4 Å². The molecule has 0 saturated carbocycles. The van der Waals surface area contributed by atoms with Gasteiger partial charge in [0.2, 0.25) is 11.6 Å². The van der Waals surface area contributed by atoms with Crippen LogP contribution in [0.4, 0.5) is 0 Å². The Bertz CT molecular complexity index is 1020. The summed E-state index contributed by atoms with van der Waals surface area (Å²) in [5.41, 5.74) is 4.14. The highest BCUT2D eigenvalue weighted by atomic mass is 16.5. The zero-order chi connectivity index (χ0) is 19.4. The molecule has 0 atom stereocenters. The molecule has 27 heavy (non-hydrogen) atoms. The lowest BCUT2D eigenvalue weighted by Crippen LogP contribution is -2.25. The van der Waals surface area contributed by atoms with Crippen molar-refractivity contribution in [3.63, 3.8) is 0 Å². The predicted molar refractivity (Wildman–Crippen MR) is 104 cm³/mol. The molecule has 0 saturated heterocycles. The van der Waals surface area contributed by atoms with Crippen LogP contribution < -0.4 is 0 Å². The first-order valence-electron chi connectivity index (χ1n) is 9.19. The second-order valence-corrected chi connectivity index (χ2v) is 6.70. The van der Waals surface area contributed by atoms with E-state index in [1.807, 2.05) is 38.1 Å². The molecule has 3 aliphatic rings. The van der Waals surface area contributed by atoms with Gasteiger partial charge in [0.05, 0.1) is 0 Å². The Labute approximate surface area is 158 Å². The van der Waals surface area contributed by atoms with Crippen molar-refractivity contribution < 1.29 is 20.4 Å². The van der Waals surface area contributed by atoms with Crippen LogP contribution in [-0.2, 0) is 11.6 Å². The van der Waals surface area contributed by atoms with Gasteiger partial charge in [0, 0.05) is 22.3 Å². The molecule has 5 rings (SSSR count). The van der Waals surface area contributed by atoms with Crippen LogP contribution in [0.5, 0.6) is 0 Å². The van der Waals surface area contributed by atoms with E-state index in [1.165, 1.54) is 0 Å². The molecule has 0 unspecified atom stereocenters. The van der Waals surface area contributed by atoms with Crippen molar-refractivity contribution in [2.24, 2.45) is 0 Å². The predicted octanol–water partition coefficient (Wildman–Crippen LogP) is 3.30. The van der Waals surface area contributed by atoms with Crippen LogP contribution in [0.15, 0.2) is 66.3 Å². The maximum Gasteiger partial charge on any atom is 0.218 e. The lowest BCUT2D eigenvalue weighted by Gasteiger charge is -2.21. The number of hydrogen-bond acceptors (Lipinski definition) is 4. The number of benzene rings is 2. The van der Waals surface area contributed by atoms with Gasteiger partial charge in [0.25, 0.3) is 0 Å². The Morgan fingerprint density at radius 1 is 0.704 bits per heavy atom. The van der Waals surface area contributed by atoms with Crippen LogP contribution in [-0.4, -0.2) is 20.4 Å². The Hall–Kier alpha value is -2.50. The highest BCUT2D eigenvalue weighted by molar-refractivity contribution is 5.91. The molecule has 4 N–H and O–H groups in total. The minimum atomic E-state index is -2.10. The summed E-state index contributed by atoms with van der Waals surface area (Å²) in [6.07, 6.45) is 8.10. The van der Waals surface area contributed by atoms with Crippen LogP contribution in [0, 0.1) is 0 Å². The first kappa shape index (κ1) is 17.9. The average molecular weight is 362 g/mol. The SMILES string of the molecule is CC.OC1(O)C2=C(C=CCC=C2)c2cc3c(cc21)-c1ccccc1C3(O)O. The monoisotopic (exact) mass is 362 g/mol. The first-order valence-corrected chi connectivity index (χ1v) is 9.19. The third-order valence-corrected chi connectivity index (χ3v) is 5.30. The van der Waals surface area contributed by atoms with E-state index in [1.54, 1.807) is 36.4 Å². The second kappa shape index (κ2) is 6.01. The topological polar surface area (TPSA) is 80.9 Å². The van der Waals surface area contributed by atoms with Crippen LogP contribution >= 0.6 is 0 Å². The van der Waals surface area contributed by atoms with E-state index in [0.717, 1.165) is 0 Å². The van der Waals surface area contributed by atoms with Crippen molar-refractivity contribution in [3.05, 3.63) is 88.5 Å². The van der Waals surface area contributed by atoms with Gasteiger partial charge in [0.1, 0.15) is 0 Å². The van der Waals surface area contributed by atoms with Gasteiger partial charge in [-0.2, -0.15) is 0 Å². The summed E-state index contributed by atoms with van der Waals surface area (Å²) in [6.45, 7) is 4.00. The number of rotatable bonds is 0. The van der Waals surface area contributed by atoms with Gasteiger partial charge in [-0.15, -0.1) is 0 Å². The minimum Gasteiger partial charge on any atom is -0.358 e. The van der Waals surface area contributed by atoms with Gasteiger partial charge in [-0.1, -0.05) is 62.4 Å². The molecule has 4 nitrogen and oxygen atoms in total. The second-order valence-electron chi connectivity index (χ2n) is 6.70. The molecule has 4 heteroatoms. The fraction of sp³-hybridized carbons (Fsp3) is 0.217. The Morgan fingerprint density at radius 3 is 2.11 bits per heavy atom. The molecule has 0 fully saturated rings. The molecule has 0 heterocycles. The normalized spacial score (nSPS) is 19.5. The first-order chi connectivity index (χ1) is 12.9. The van der Waals surface area contributed by atoms with Crippen LogP contribution in [0.3, 0.4) is 0 Å². The quantitative estimate of drug-likeness (QED) is 0.542. The van der Waals surface area contributed by atoms with E-state index in [2.05, 4.69) is 0 Å². The third-order valence-electron chi connectivity index (χ3n) is 5.30. The van der Waals surface area contributed by atoms with Crippen molar-refractivity contribution in [3.8, 4) is 11.1 Å². The molecule has 138 valence electrons. The van der Waals surface area contributed by atoms with Crippen LogP contribution in [0.25, 0.3) is 16.7 Å². The Balaban J connectivity index is 0.000000872. The lowest BCUT2D eigenvalue weighted by molar-refractivity contribution is -0.131. The number of aliphatic hydroxyl groups is 4. The molecule has 3 aliphatic carbocycles. The van der Waals surface area contributed by atoms with E-state index in [0.29, 0.717) is 50.9 Å². The fourth-order valence-corrected chi connectivity index (χ4v) is 4.10. The standard InChI is InChI=1S/C21H16O4.C2H6/c22-20(23)16-8-3-1-2-6-12(16)14-10-19-15(11-18(14)20)13-7-4-5-9-17(13)21(19,24)25;1-2/h2-11,22-25H,1H2;1-2H3. The molecule has 0 aromatic heterocycles. The average Bonchev–Trinajstić information content (AvgIpc) is 2.91. The van der Waals surface area contributed by atoms with Gasteiger partial charge in [-0.05, 0) is 40.8 Å². The molecule has 0 amide bonds. The summed E-state index contributed by atoms with van der Waals surface area (Å²) in [5, 5.41) is 42.9. The summed E-state index contributed by atoms with van der Waals surface area (Å²) in [6, 6.07) is 10.4. The summed E-state index contributed by atoms with van der Waals surface area (Å²) in [5.74, 6) is -4.20. The molecular weight excluding hydrogens is 340 g/mol. The van der Waals surface area contributed by atoms with Crippen molar-refractivity contribution in [2.75, 3.05) is 0 Å². The smallest absolute Gasteiger partial charge is 0.218 e. The number of allylic oxidation sites excluding steroid dienone is 4. The molecule has 0 aliphatic heterocycles. The molecule has 2 aromatic rings. The number of fused-ring (bicyclic) bond motifs is 5. The van der Waals surface area contributed by atoms with Crippen molar-refractivity contribution in [1.29, 1.82) is 0 Å². The van der Waals surface area contributed by atoms with Gasteiger partial charge in [0.15, 0.2) is 0 Å². The van der Waals surface area contributed by atoms with E-state index in [9.17, 15) is 20.4 Å². The zero-order valence-electron chi connectivity index (χ0n) is 15.3. The van der Waals surface area contributed by atoms with Crippen molar-refractivity contribution in [1.82, 2.24) is 0 Å². The van der Waals surface area contributed by atoms with Gasteiger partial charge in [-0.3, -0.25) is 0 Å². The summed E-state index contributed by atoms with van der Waals surface area (Å²) in [4.78, 5) is 0. The van der Waals surface area contributed by atoms with E-state index >= 15 is 0 Å². The minimum absolute atomic E-state index is 0.360. The molecule has 2 aromatic carbocycles. The summed E-state index contributed by atoms with van der Waals surface area (Å²) >= 11 is 0. The van der Waals surface area contributed by atoms with Crippen molar-refractivity contribution >= 4 is 5.57 Å². The van der Waals surface area contributed by atoms with E-state index in [4.69, 9.17) is 0 Å². The maximum atomic E-state index is 10.8. The highest BCUT2D eigenvalue weighted by Crippen LogP contribution is 2.52. The van der Waals surface area contributed by atoms with Crippen molar-refractivity contribution in [2.45, 2.75) is 31.8 Å². The van der Waals surface area contributed by atoms with Crippen LogP contribution in [0.2, 0.25) is 0 Å². The lowest BCUT2D eigenvalue weighted by atomic mass is 9.94. The maximum absolute atomic E-state index is 10.8. The largest absolute Gasteiger partial charge is 0.358 e. The van der Waals surface area contributed by atoms with Crippen LogP contribution in [0.1, 0.15) is 42.5 Å². The molecule has 0 radical (unpaired) electrons. The Morgan fingerprint density at radius 2 is 1.33 bits per heavy atom. The zero-order valence-corrected chi connectivity index (χ0v) is 15.3. The molecule has 0 bridgehead atoms. The fourth-order valence-electron chi connectivity index (χ4n) is 4.10. The van der Waals surface area contributed by atoms with E-state index < -0.39 is 11.6 Å². The van der Waals surface area contributed by atoms with Gasteiger partial charge in [-0.25, -0.2) is 0 Å². The van der Waals surface area contributed by atoms with Gasteiger partial charge >= 0.3 is 0 Å². The van der Waals surface area contributed by atoms with E-state index in [-0.39, 0.29) is 0 Å². The Kier molecular flexibility index (Phi) is 3.98. The third kappa shape index (κ3) is 2.32. The summed E-state index contributed by atoms with van der Waals surface area (Å²) < 4.78 is 0.